The van der Waals surface area contributed by atoms with Crippen molar-refractivity contribution in [2.24, 2.45) is 5.73 Å². The lowest BCUT2D eigenvalue weighted by molar-refractivity contribution is -0.137. The summed E-state index contributed by atoms with van der Waals surface area (Å²) in [6, 6.07) is 14.8. The molecule has 2 aliphatic carbocycles. The van der Waals surface area contributed by atoms with Crippen LogP contribution in [0.15, 0.2) is 48.5 Å². The van der Waals surface area contributed by atoms with Gasteiger partial charge in [0, 0.05) is 24.0 Å². The Morgan fingerprint density at radius 3 is 2.41 bits per heavy atom. The van der Waals surface area contributed by atoms with Crippen LogP contribution in [0.3, 0.4) is 0 Å². The average Bonchev–Trinajstić information content (AvgIpc) is 3.42. The van der Waals surface area contributed by atoms with Crippen molar-refractivity contribution in [1.29, 1.82) is 0 Å². The van der Waals surface area contributed by atoms with E-state index in [1.165, 1.54) is 12.1 Å². The summed E-state index contributed by atoms with van der Waals surface area (Å²) in [6.07, 6.45) is 1.07. The molecule has 0 bridgehead atoms. The van der Waals surface area contributed by atoms with Gasteiger partial charge in [0.25, 0.3) is 0 Å². The van der Waals surface area contributed by atoms with Crippen molar-refractivity contribution in [3.8, 4) is 11.1 Å². The van der Waals surface area contributed by atoms with E-state index in [1.54, 1.807) is 6.07 Å². The first kappa shape index (κ1) is 18.5. The SMILES string of the molecule is N[C@H]1CC[C@H](N[C@@H]2C[C@H]2c2ccccc2-c2cccc(C(F)(F)F)c2)CC1. The standard InChI is InChI=1S/C22H25F3N2/c23-22(24,25)15-5-3-4-14(12-15)18-6-1-2-7-19(18)20-13-21(20)27-17-10-8-16(26)9-11-17/h1-7,12,16-17,20-21,27H,8-11,13,26H2/t16-,17-,20-,21+/m0/s1. The number of halogens is 3. The second-order valence-electron chi connectivity index (χ2n) is 7.89. The molecule has 0 saturated heterocycles. The van der Waals surface area contributed by atoms with E-state index in [0.29, 0.717) is 29.6 Å². The highest BCUT2D eigenvalue weighted by atomic mass is 19.4. The van der Waals surface area contributed by atoms with Crippen LogP contribution in [0.2, 0.25) is 0 Å². The van der Waals surface area contributed by atoms with Gasteiger partial charge in [0.2, 0.25) is 0 Å². The Morgan fingerprint density at radius 2 is 1.67 bits per heavy atom. The molecule has 2 atom stereocenters. The number of benzene rings is 2. The van der Waals surface area contributed by atoms with Gasteiger partial charge in [0.15, 0.2) is 0 Å². The molecule has 0 heterocycles. The topological polar surface area (TPSA) is 38.0 Å². The number of alkyl halides is 3. The summed E-state index contributed by atoms with van der Waals surface area (Å²) in [7, 11) is 0. The first-order chi connectivity index (χ1) is 12.9. The Bertz CT molecular complexity index is 794. The van der Waals surface area contributed by atoms with Crippen LogP contribution in [0.5, 0.6) is 0 Å². The highest BCUT2D eigenvalue weighted by molar-refractivity contribution is 5.69. The van der Waals surface area contributed by atoms with Gasteiger partial charge in [-0.3, -0.25) is 0 Å². The number of hydrogen-bond acceptors (Lipinski definition) is 2. The average molecular weight is 374 g/mol. The summed E-state index contributed by atoms with van der Waals surface area (Å²) in [4.78, 5) is 0. The third-order valence-corrected chi connectivity index (χ3v) is 5.87. The molecular weight excluding hydrogens is 349 g/mol. The van der Waals surface area contributed by atoms with Gasteiger partial charge in [-0.25, -0.2) is 0 Å². The Morgan fingerprint density at radius 1 is 0.926 bits per heavy atom. The molecule has 2 aromatic carbocycles. The zero-order valence-electron chi connectivity index (χ0n) is 15.2. The van der Waals surface area contributed by atoms with Crippen molar-refractivity contribution >= 4 is 0 Å². The van der Waals surface area contributed by atoms with Crippen molar-refractivity contribution in [2.75, 3.05) is 0 Å². The Hall–Kier alpha value is -1.85. The third-order valence-electron chi connectivity index (χ3n) is 5.87. The quantitative estimate of drug-likeness (QED) is 0.782. The van der Waals surface area contributed by atoms with Crippen molar-refractivity contribution < 1.29 is 13.2 Å². The van der Waals surface area contributed by atoms with Crippen molar-refractivity contribution in [3.05, 3.63) is 59.7 Å². The first-order valence-corrected chi connectivity index (χ1v) is 9.70. The summed E-state index contributed by atoms with van der Waals surface area (Å²) in [6.45, 7) is 0. The Labute approximate surface area is 158 Å². The van der Waals surface area contributed by atoms with Crippen molar-refractivity contribution in [1.82, 2.24) is 5.32 Å². The molecule has 0 aromatic heterocycles. The second-order valence-corrected chi connectivity index (χ2v) is 7.89. The van der Waals surface area contributed by atoms with Gasteiger partial charge < -0.3 is 11.1 Å². The molecule has 0 unspecified atom stereocenters. The molecule has 0 amide bonds. The van der Waals surface area contributed by atoms with Gasteiger partial charge in [0.05, 0.1) is 5.56 Å². The molecule has 4 rings (SSSR count). The summed E-state index contributed by atoms with van der Waals surface area (Å²) in [5.74, 6) is 0.367. The van der Waals surface area contributed by atoms with E-state index in [9.17, 15) is 13.2 Å². The predicted molar refractivity (Wildman–Crippen MR) is 101 cm³/mol. The normalized spacial score (nSPS) is 28.1. The third kappa shape index (κ3) is 4.19. The summed E-state index contributed by atoms with van der Waals surface area (Å²) in [5, 5.41) is 3.74. The van der Waals surface area contributed by atoms with Crippen LogP contribution >= 0.6 is 0 Å². The van der Waals surface area contributed by atoms with Crippen LogP contribution in [0.25, 0.3) is 11.1 Å². The Kier molecular flexibility index (Phi) is 4.99. The van der Waals surface area contributed by atoms with E-state index in [2.05, 4.69) is 11.4 Å². The lowest BCUT2D eigenvalue weighted by atomic mass is 9.91. The van der Waals surface area contributed by atoms with E-state index >= 15 is 0 Å². The maximum Gasteiger partial charge on any atom is 0.416 e. The van der Waals surface area contributed by atoms with Crippen LogP contribution in [0, 0.1) is 0 Å². The number of nitrogens with two attached hydrogens (primary N) is 1. The summed E-state index contributed by atoms with van der Waals surface area (Å²) >= 11 is 0. The van der Waals surface area contributed by atoms with Crippen molar-refractivity contribution in [3.63, 3.8) is 0 Å². The maximum atomic E-state index is 13.1. The molecule has 0 aliphatic heterocycles. The number of nitrogens with one attached hydrogen (secondary N) is 1. The monoisotopic (exact) mass is 374 g/mol. The lowest BCUT2D eigenvalue weighted by Crippen LogP contribution is -2.38. The van der Waals surface area contributed by atoms with Gasteiger partial charge in [-0.1, -0.05) is 36.4 Å². The molecule has 2 saturated carbocycles. The van der Waals surface area contributed by atoms with Gasteiger partial charge in [-0.05, 0) is 60.9 Å². The predicted octanol–water partition coefficient (Wildman–Crippen LogP) is 5.09. The van der Waals surface area contributed by atoms with E-state index < -0.39 is 11.7 Å². The molecule has 2 aromatic rings. The Balaban J connectivity index is 1.51. The maximum absolute atomic E-state index is 13.1. The fourth-order valence-electron chi connectivity index (χ4n) is 4.26. The van der Waals surface area contributed by atoms with Crippen LogP contribution < -0.4 is 11.1 Å². The molecule has 27 heavy (non-hydrogen) atoms. The molecule has 0 radical (unpaired) electrons. The summed E-state index contributed by atoms with van der Waals surface area (Å²) < 4.78 is 39.3. The van der Waals surface area contributed by atoms with E-state index in [-0.39, 0.29) is 0 Å². The fourth-order valence-corrected chi connectivity index (χ4v) is 4.26. The molecule has 2 aliphatic rings. The van der Waals surface area contributed by atoms with Crippen LogP contribution in [0.4, 0.5) is 13.2 Å². The molecule has 144 valence electrons. The molecular formula is C22H25F3N2. The molecule has 2 nitrogen and oxygen atoms in total. The number of rotatable bonds is 4. The molecule has 5 heteroatoms. The highest BCUT2D eigenvalue weighted by Crippen LogP contribution is 2.46. The smallest absolute Gasteiger partial charge is 0.328 e. The van der Waals surface area contributed by atoms with Crippen molar-refractivity contribution in [2.45, 2.75) is 62.3 Å². The highest BCUT2D eigenvalue weighted by Gasteiger charge is 2.41. The lowest BCUT2D eigenvalue weighted by Gasteiger charge is -2.27. The van der Waals surface area contributed by atoms with Gasteiger partial charge in [-0.15, -0.1) is 0 Å². The van der Waals surface area contributed by atoms with Crippen LogP contribution in [0.1, 0.15) is 49.1 Å². The summed E-state index contributed by atoms with van der Waals surface area (Å²) in [5.41, 5.74) is 8.06. The van der Waals surface area contributed by atoms with E-state index in [4.69, 9.17) is 5.73 Å². The van der Waals surface area contributed by atoms with E-state index in [0.717, 1.165) is 49.3 Å². The molecule has 3 N–H and O–H groups in total. The van der Waals surface area contributed by atoms with Gasteiger partial charge >= 0.3 is 6.18 Å². The zero-order valence-corrected chi connectivity index (χ0v) is 15.2. The fraction of sp³-hybridized carbons (Fsp3) is 0.455. The van der Waals surface area contributed by atoms with Gasteiger partial charge in [-0.2, -0.15) is 13.2 Å². The molecule has 2 fully saturated rings. The first-order valence-electron chi connectivity index (χ1n) is 9.70. The van der Waals surface area contributed by atoms with Gasteiger partial charge in [0.1, 0.15) is 0 Å². The van der Waals surface area contributed by atoms with E-state index in [1.807, 2.05) is 18.2 Å². The van der Waals surface area contributed by atoms with Crippen LogP contribution in [-0.2, 0) is 6.18 Å². The van der Waals surface area contributed by atoms with Crippen LogP contribution in [-0.4, -0.2) is 18.1 Å². The minimum absolute atomic E-state index is 0.333. The number of hydrogen-bond donors (Lipinski definition) is 2. The molecule has 0 spiro atoms. The second kappa shape index (κ2) is 7.28. The zero-order chi connectivity index (χ0) is 19.0. The minimum Gasteiger partial charge on any atom is -0.328 e. The minimum atomic E-state index is -4.32. The largest absolute Gasteiger partial charge is 0.416 e.